The molecule has 2 unspecified atom stereocenters. The third kappa shape index (κ3) is 3.71. The van der Waals surface area contributed by atoms with Gasteiger partial charge in [-0.3, -0.25) is 0 Å². The highest BCUT2D eigenvalue weighted by Gasteiger charge is 2.42. The molecule has 0 fully saturated rings. The number of hydrogen-bond donors (Lipinski definition) is 0. The van der Waals surface area contributed by atoms with E-state index in [-0.39, 0.29) is 12.0 Å². The molecule has 0 radical (unpaired) electrons. The van der Waals surface area contributed by atoms with Gasteiger partial charge in [0.25, 0.3) is 0 Å². The summed E-state index contributed by atoms with van der Waals surface area (Å²) in [5.74, 6) is 0.923. The third-order valence-electron chi connectivity index (χ3n) is 9.60. The first-order chi connectivity index (χ1) is 22.8. The molecule has 2 atom stereocenters. The van der Waals surface area contributed by atoms with E-state index in [0.29, 0.717) is 0 Å². The van der Waals surface area contributed by atoms with Crippen LogP contribution in [0.15, 0.2) is 152 Å². The number of rotatable bonds is 3. The lowest BCUT2D eigenvalue weighted by Crippen LogP contribution is -2.30. The fraction of sp³-hybridized carbons (Fsp3) is 0.0476. The molecule has 0 saturated carbocycles. The van der Waals surface area contributed by atoms with Gasteiger partial charge in [-0.15, -0.1) is 11.3 Å². The number of aromatic nitrogens is 2. The van der Waals surface area contributed by atoms with Gasteiger partial charge in [-0.05, 0) is 28.8 Å². The number of nitrogens with zero attached hydrogens (tertiary/aromatic N) is 3. The average molecular weight is 606 g/mol. The van der Waals surface area contributed by atoms with E-state index in [0.717, 1.165) is 28.1 Å². The fourth-order valence-corrected chi connectivity index (χ4v) is 8.83. The van der Waals surface area contributed by atoms with Crippen LogP contribution in [0.1, 0.15) is 11.5 Å². The summed E-state index contributed by atoms with van der Waals surface area (Å²) >= 11 is 1.90. The number of thiophene rings is 1. The minimum atomic E-state index is 0.0714. The van der Waals surface area contributed by atoms with E-state index in [1.165, 1.54) is 53.3 Å². The van der Waals surface area contributed by atoms with Crippen molar-refractivity contribution < 1.29 is 0 Å². The van der Waals surface area contributed by atoms with Crippen LogP contribution < -0.4 is 4.90 Å². The summed E-state index contributed by atoms with van der Waals surface area (Å²) in [6.07, 6.45) is 9.07. The maximum atomic E-state index is 5.44. The topological polar surface area (TPSA) is 29.0 Å². The molecule has 10 rings (SSSR count). The molecule has 46 heavy (non-hydrogen) atoms. The smallest absolute Gasteiger partial charge is 0.231 e. The van der Waals surface area contributed by atoms with E-state index >= 15 is 0 Å². The van der Waals surface area contributed by atoms with Crippen molar-refractivity contribution in [1.29, 1.82) is 0 Å². The highest BCUT2D eigenvalue weighted by Crippen LogP contribution is 2.56. The lowest BCUT2D eigenvalue weighted by molar-refractivity contribution is 0.734. The van der Waals surface area contributed by atoms with E-state index in [9.17, 15) is 0 Å². The number of hydrogen-bond acceptors (Lipinski definition) is 4. The molecule has 1 aliphatic carbocycles. The first-order valence-electron chi connectivity index (χ1n) is 15.8. The van der Waals surface area contributed by atoms with Crippen LogP contribution in [-0.2, 0) is 0 Å². The van der Waals surface area contributed by atoms with Gasteiger partial charge in [-0.25, -0.2) is 9.97 Å². The van der Waals surface area contributed by atoms with Crippen LogP contribution >= 0.6 is 11.3 Å². The minimum Gasteiger partial charge on any atom is -0.302 e. The molecule has 1 aliphatic heterocycles. The van der Waals surface area contributed by atoms with E-state index in [4.69, 9.17) is 9.97 Å². The second-order valence-electron chi connectivity index (χ2n) is 12.1. The summed E-state index contributed by atoms with van der Waals surface area (Å²) in [6, 6.07) is 45.5. The Morgan fingerprint density at radius 3 is 2.04 bits per heavy atom. The summed E-state index contributed by atoms with van der Waals surface area (Å²) in [7, 11) is 0. The standard InChI is InChI=1S/C42H27N3S/c1-2-12-26(13-3-1)27-22-24-28(25-23-27)39-31-16-6-9-19-34(31)43-42(44-39)45-35-20-10-7-17-32(35)37-38-33-18-8-11-21-36(33)46-41(38)30-15-5-4-14-29(30)40(37)45/h1-25,32,35H. The van der Waals surface area contributed by atoms with E-state index < -0.39 is 0 Å². The Bertz CT molecular complexity index is 2540. The monoisotopic (exact) mass is 605 g/mol. The van der Waals surface area contributed by atoms with Crippen molar-refractivity contribution in [2.24, 2.45) is 0 Å². The SMILES string of the molecule is C1=CC2c3c(c4ccccc4c4sc5ccccc5c34)N(c3nc(-c4ccc(-c5ccccc5)cc4)c4ccccc4n3)C2C=C1. The molecule has 6 aromatic carbocycles. The third-order valence-corrected chi connectivity index (χ3v) is 10.8. The summed E-state index contributed by atoms with van der Waals surface area (Å²) in [6.45, 7) is 0. The van der Waals surface area contributed by atoms with Crippen LogP contribution in [0.5, 0.6) is 0 Å². The molecule has 3 nitrogen and oxygen atoms in total. The minimum absolute atomic E-state index is 0.0714. The second-order valence-corrected chi connectivity index (χ2v) is 13.2. The Labute approximate surface area is 270 Å². The summed E-state index contributed by atoms with van der Waals surface area (Å²) < 4.78 is 2.68. The summed E-state index contributed by atoms with van der Waals surface area (Å²) in [5.41, 5.74) is 7.97. The van der Waals surface area contributed by atoms with Gasteiger partial charge in [-0.2, -0.15) is 0 Å². The molecule has 2 aliphatic rings. The Hall–Kier alpha value is -5.58. The average Bonchev–Trinajstić information content (AvgIpc) is 3.68. The van der Waals surface area contributed by atoms with Crippen LogP contribution in [0.4, 0.5) is 11.6 Å². The van der Waals surface area contributed by atoms with Gasteiger partial charge in [0.05, 0.1) is 22.9 Å². The van der Waals surface area contributed by atoms with Gasteiger partial charge in [-0.1, -0.05) is 140 Å². The zero-order valence-corrected chi connectivity index (χ0v) is 25.7. The van der Waals surface area contributed by atoms with Crippen molar-refractivity contribution in [3.8, 4) is 22.4 Å². The number of allylic oxidation sites excluding steroid dienone is 2. The second kappa shape index (κ2) is 9.96. The predicted octanol–water partition coefficient (Wildman–Crippen LogP) is 11.2. The molecule has 0 spiro atoms. The van der Waals surface area contributed by atoms with Gasteiger partial charge in [0, 0.05) is 47.8 Å². The molecule has 0 bridgehead atoms. The predicted molar refractivity (Wildman–Crippen MR) is 194 cm³/mol. The van der Waals surface area contributed by atoms with Gasteiger partial charge in [0.2, 0.25) is 5.95 Å². The first-order valence-corrected chi connectivity index (χ1v) is 16.6. The maximum Gasteiger partial charge on any atom is 0.231 e. The van der Waals surface area contributed by atoms with Gasteiger partial charge in [0.1, 0.15) is 0 Å². The van der Waals surface area contributed by atoms with Crippen molar-refractivity contribution in [1.82, 2.24) is 9.97 Å². The summed E-state index contributed by atoms with van der Waals surface area (Å²) in [4.78, 5) is 13.2. The lowest BCUT2D eigenvalue weighted by atomic mass is 9.87. The van der Waals surface area contributed by atoms with Gasteiger partial charge < -0.3 is 4.90 Å². The van der Waals surface area contributed by atoms with Gasteiger partial charge in [0.15, 0.2) is 0 Å². The first kappa shape index (κ1) is 25.7. The van der Waals surface area contributed by atoms with E-state index in [1.807, 2.05) is 11.3 Å². The molecular weight excluding hydrogens is 579 g/mol. The Morgan fingerprint density at radius 2 is 1.20 bits per heavy atom. The van der Waals surface area contributed by atoms with Crippen LogP contribution in [0.3, 0.4) is 0 Å². The van der Waals surface area contributed by atoms with Crippen LogP contribution in [0.25, 0.3) is 64.2 Å². The van der Waals surface area contributed by atoms with Crippen LogP contribution in [-0.4, -0.2) is 16.0 Å². The number of benzene rings is 6. The van der Waals surface area contributed by atoms with Crippen molar-refractivity contribution in [2.45, 2.75) is 12.0 Å². The maximum absolute atomic E-state index is 5.44. The molecular formula is C42H27N3S. The highest BCUT2D eigenvalue weighted by atomic mass is 32.1. The van der Waals surface area contributed by atoms with E-state index in [1.54, 1.807) is 0 Å². The van der Waals surface area contributed by atoms with E-state index in [2.05, 4.69) is 157 Å². The number of anilines is 2. The Balaban J connectivity index is 1.25. The Kier molecular flexibility index (Phi) is 5.57. The molecule has 4 heteroatoms. The molecule has 0 amide bonds. The van der Waals surface area contributed by atoms with Crippen LogP contribution in [0, 0.1) is 0 Å². The number of fused-ring (bicyclic) bond motifs is 11. The van der Waals surface area contributed by atoms with Crippen molar-refractivity contribution >= 4 is 64.8 Å². The van der Waals surface area contributed by atoms with Crippen molar-refractivity contribution in [2.75, 3.05) is 4.90 Å². The molecule has 0 N–H and O–H groups in total. The fourth-order valence-electron chi connectivity index (χ4n) is 7.57. The molecule has 8 aromatic rings. The highest BCUT2D eigenvalue weighted by molar-refractivity contribution is 7.26. The summed E-state index contributed by atoms with van der Waals surface area (Å²) in [5, 5.41) is 6.28. The lowest BCUT2D eigenvalue weighted by Gasteiger charge is -2.28. The van der Waals surface area contributed by atoms with Gasteiger partial charge >= 0.3 is 0 Å². The quantitative estimate of drug-likeness (QED) is 0.201. The normalized spacial score (nSPS) is 16.9. The molecule has 3 heterocycles. The molecule has 216 valence electrons. The zero-order chi connectivity index (χ0) is 30.2. The van der Waals surface area contributed by atoms with Crippen molar-refractivity contribution in [3.05, 3.63) is 157 Å². The Morgan fingerprint density at radius 1 is 0.543 bits per heavy atom. The van der Waals surface area contributed by atoms with Crippen molar-refractivity contribution in [3.63, 3.8) is 0 Å². The zero-order valence-electron chi connectivity index (χ0n) is 24.8. The molecule has 0 saturated heterocycles. The number of para-hydroxylation sites is 1. The molecule has 2 aromatic heterocycles. The van der Waals surface area contributed by atoms with Crippen LogP contribution in [0.2, 0.25) is 0 Å². The largest absolute Gasteiger partial charge is 0.302 e.